The molecule has 0 fully saturated rings. The van der Waals surface area contributed by atoms with Crippen molar-refractivity contribution in [3.05, 3.63) is 112 Å². The maximum absolute atomic E-state index is 13.8. The predicted octanol–water partition coefficient (Wildman–Crippen LogP) is 6.77. The van der Waals surface area contributed by atoms with Crippen molar-refractivity contribution in [2.75, 3.05) is 5.32 Å². The lowest BCUT2D eigenvalue weighted by molar-refractivity contribution is -0.253. The SMILES string of the molecule is O=C(Nc1cccc2nonc12)N[C@@](Cc1ccccc1)(c1cccc(OC(F)(F)C(F)F)c1)c1ccc(I)cn1. The Balaban J connectivity index is 1.62. The zero-order valence-electron chi connectivity index (χ0n) is 20.9. The van der Waals surface area contributed by atoms with Gasteiger partial charge in [0, 0.05) is 16.2 Å². The minimum absolute atomic E-state index is 0.110. The second-order valence-corrected chi connectivity index (χ2v) is 10.2. The molecule has 0 bridgehead atoms. The average molecular weight is 677 g/mol. The molecule has 0 spiro atoms. The number of fused-ring (bicyclic) bond motifs is 1. The summed E-state index contributed by atoms with van der Waals surface area (Å²) in [4.78, 5) is 18.2. The highest BCUT2D eigenvalue weighted by atomic mass is 127. The number of rotatable bonds is 9. The Bertz CT molecular complexity index is 1650. The lowest BCUT2D eigenvalue weighted by Gasteiger charge is -2.35. The number of amides is 2. The summed E-state index contributed by atoms with van der Waals surface area (Å²) in [6.07, 6.45) is -7.07. The molecule has 13 heteroatoms. The van der Waals surface area contributed by atoms with Crippen molar-refractivity contribution in [3.8, 4) is 5.75 Å². The molecule has 0 aliphatic rings. The first-order valence-electron chi connectivity index (χ1n) is 12.1. The molecule has 5 rings (SSSR count). The van der Waals surface area contributed by atoms with Gasteiger partial charge in [0.1, 0.15) is 16.8 Å². The van der Waals surface area contributed by atoms with Gasteiger partial charge in [0.15, 0.2) is 5.52 Å². The summed E-state index contributed by atoms with van der Waals surface area (Å²) in [5, 5.41) is 13.3. The van der Waals surface area contributed by atoms with E-state index in [-0.39, 0.29) is 12.0 Å². The third-order valence-corrected chi connectivity index (χ3v) is 6.81. The molecule has 5 aromatic rings. The first kappa shape index (κ1) is 28.3. The van der Waals surface area contributed by atoms with Crippen molar-refractivity contribution in [2.24, 2.45) is 0 Å². The fraction of sp³-hybridized carbons (Fsp3) is 0.143. The molecule has 0 radical (unpaired) electrons. The third-order valence-electron chi connectivity index (χ3n) is 6.17. The van der Waals surface area contributed by atoms with Gasteiger partial charge < -0.3 is 15.4 Å². The summed E-state index contributed by atoms with van der Waals surface area (Å²) in [5.41, 5.74) is 0.936. The maximum atomic E-state index is 13.8. The number of ether oxygens (including phenoxy) is 1. The minimum Gasteiger partial charge on any atom is -0.428 e. The smallest absolute Gasteiger partial charge is 0.428 e. The van der Waals surface area contributed by atoms with Gasteiger partial charge in [-0.15, -0.1) is 0 Å². The molecule has 0 aliphatic carbocycles. The molecule has 0 aliphatic heterocycles. The summed E-state index contributed by atoms with van der Waals surface area (Å²) in [6, 6.07) is 22.0. The molecule has 0 saturated heterocycles. The number of benzene rings is 3. The second-order valence-electron chi connectivity index (χ2n) is 8.94. The lowest BCUT2D eigenvalue weighted by atomic mass is 9.80. The van der Waals surface area contributed by atoms with Gasteiger partial charge in [-0.1, -0.05) is 48.5 Å². The van der Waals surface area contributed by atoms with E-state index in [9.17, 15) is 22.4 Å². The molecule has 2 heterocycles. The van der Waals surface area contributed by atoms with E-state index in [0.717, 1.165) is 15.2 Å². The van der Waals surface area contributed by atoms with Gasteiger partial charge in [0.05, 0.1) is 11.4 Å². The Kier molecular flexibility index (Phi) is 8.06. The fourth-order valence-electron chi connectivity index (χ4n) is 4.33. The zero-order valence-corrected chi connectivity index (χ0v) is 23.1. The maximum Gasteiger partial charge on any atom is 0.461 e. The van der Waals surface area contributed by atoms with Crippen LogP contribution in [-0.4, -0.2) is 33.9 Å². The van der Waals surface area contributed by atoms with Crippen LogP contribution in [-0.2, 0) is 12.0 Å². The Labute approximate surface area is 244 Å². The van der Waals surface area contributed by atoms with Gasteiger partial charge in [0.25, 0.3) is 0 Å². The number of halogens is 5. The van der Waals surface area contributed by atoms with Gasteiger partial charge in [-0.2, -0.15) is 17.6 Å². The van der Waals surface area contributed by atoms with Gasteiger partial charge >= 0.3 is 18.6 Å². The standard InChI is InChI=1S/C28H20F4IN5O3/c29-25(30)28(31,32)40-20-9-4-8-18(14-20)27(15-17-6-2-1-3-7-17,23-13-12-19(33)16-34-23)36-26(39)35-21-10-5-11-22-24(21)38-41-37-22/h1-14,16,25H,15H2,(H2,35,36,39)/t27-/m0/s1. The van der Waals surface area contributed by atoms with E-state index in [4.69, 9.17) is 4.63 Å². The number of alkyl halides is 4. The van der Waals surface area contributed by atoms with E-state index in [1.807, 2.05) is 30.3 Å². The van der Waals surface area contributed by atoms with Crippen molar-refractivity contribution < 1.29 is 31.7 Å². The average Bonchev–Trinajstić information content (AvgIpc) is 3.44. The van der Waals surface area contributed by atoms with Crippen LogP contribution < -0.4 is 15.4 Å². The molecule has 2 amide bonds. The van der Waals surface area contributed by atoms with Crippen LogP contribution in [0.15, 0.2) is 95.8 Å². The number of nitrogens with one attached hydrogen (secondary N) is 2. The molecule has 210 valence electrons. The molecular formula is C28H20F4IN5O3. The number of urea groups is 1. The third kappa shape index (κ3) is 6.24. The highest BCUT2D eigenvalue weighted by Crippen LogP contribution is 2.36. The molecule has 1 atom stereocenters. The molecule has 41 heavy (non-hydrogen) atoms. The first-order valence-corrected chi connectivity index (χ1v) is 13.2. The van der Waals surface area contributed by atoms with E-state index >= 15 is 0 Å². The highest BCUT2D eigenvalue weighted by Gasteiger charge is 2.44. The summed E-state index contributed by atoms with van der Waals surface area (Å²) in [5.74, 6) is -0.517. The number of hydrogen-bond donors (Lipinski definition) is 2. The summed E-state index contributed by atoms with van der Waals surface area (Å²) in [6.45, 7) is 0. The second kappa shape index (κ2) is 11.7. The number of anilines is 1. The van der Waals surface area contributed by atoms with Crippen molar-refractivity contribution in [2.45, 2.75) is 24.5 Å². The van der Waals surface area contributed by atoms with Crippen LogP contribution in [0.25, 0.3) is 11.0 Å². The first-order chi connectivity index (χ1) is 19.7. The number of aromatic nitrogens is 3. The Morgan fingerprint density at radius 2 is 1.76 bits per heavy atom. The van der Waals surface area contributed by atoms with Gasteiger partial charge in [-0.05, 0) is 80.4 Å². The molecule has 0 unspecified atom stereocenters. The monoisotopic (exact) mass is 677 g/mol. The summed E-state index contributed by atoms with van der Waals surface area (Å²) in [7, 11) is 0. The zero-order chi connectivity index (χ0) is 29.0. The van der Waals surface area contributed by atoms with E-state index < -0.39 is 29.9 Å². The van der Waals surface area contributed by atoms with Crippen LogP contribution in [0.3, 0.4) is 0 Å². The van der Waals surface area contributed by atoms with Crippen LogP contribution in [0.2, 0.25) is 0 Å². The van der Waals surface area contributed by atoms with Gasteiger partial charge in [0.2, 0.25) is 0 Å². The summed E-state index contributed by atoms with van der Waals surface area (Å²) >= 11 is 2.08. The van der Waals surface area contributed by atoms with Crippen LogP contribution >= 0.6 is 22.6 Å². The van der Waals surface area contributed by atoms with E-state index in [1.54, 1.807) is 42.6 Å². The van der Waals surface area contributed by atoms with Crippen molar-refractivity contribution in [3.63, 3.8) is 0 Å². The van der Waals surface area contributed by atoms with Crippen molar-refractivity contribution in [1.82, 2.24) is 20.6 Å². The Morgan fingerprint density at radius 1 is 0.976 bits per heavy atom. The quantitative estimate of drug-likeness (QED) is 0.132. The lowest BCUT2D eigenvalue weighted by Crippen LogP contribution is -2.50. The normalized spacial score (nSPS) is 13.1. The highest BCUT2D eigenvalue weighted by molar-refractivity contribution is 14.1. The molecule has 3 aromatic carbocycles. The Hall–Kier alpha value is -4.27. The van der Waals surface area contributed by atoms with Crippen molar-refractivity contribution >= 4 is 45.3 Å². The van der Waals surface area contributed by atoms with E-state index in [2.05, 4.69) is 53.3 Å². The molecule has 0 saturated carbocycles. The predicted molar refractivity (Wildman–Crippen MR) is 150 cm³/mol. The topological polar surface area (TPSA) is 102 Å². The van der Waals surface area contributed by atoms with Gasteiger partial charge in [-0.25, -0.2) is 9.42 Å². The van der Waals surface area contributed by atoms with Crippen LogP contribution in [0.5, 0.6) is 5.75 Å². The van der Waals surface area contributed by atoms with Crippen LogP contribution in [0, 0.1) is 3.57 Å². The van der Waals surface area contributed by atoms with Gasteiger partial charge in [-0.3, -0.25) is 4.98 Å². The molecule has 2 aromatic heterocycles. The summed E-state index contributed by atoms with van der Waals surface area (Å²) < 4.78 is 63.5. The molecule has 8 nitrogen and oxygen atoms in total. The van der Waals surface area contributed by atoms with E-state index in [1.165, 1.54) is 12.1 Å². The fourth-order valence-corrected chi connectivity index (χ4v) is 4.65. The number of nitrogens with zero attached hydrogens (tertiary/aromatic N) is 3. The van der Waals surface area contributed by atoms with Crippen LogP contribution in [0.1, 0.15) is 16.8 Å². The molecular weight excluding hydrogens is 657 g/mol. The van der Waals surface area contributed by atoms with Crippen molar-refractivity contribution in [1.29, 1.82) is 0 Å². The van der Waals surface area contributed by atoms with Crippen LogP contribution in [0.4, 0.5) is 28.0 Å². The van der Waals surface area contributed by atoms with E-state index in [0.29, 0.717) is 22.4 Å². The number of hydrogen-bond acceptors (Lipinski definition) is 6. The Morgan fingerprint density at radius 3 is 2.49 bits per heavy atom. The number of carbonyl (C=O) groups excluding carboxylic acids is 1. The minimum atomic E-state index is -4.73. The number of carbonyl (C=O) groups is 1. The molecule has 2 N–H and O–H groups in total. The largest absolute Gasteiger partial charge is 0.461 e. The number of pyridine rings is 1.